The van der Waals surface area contributed by atoms with Crippen molar-refractivity contribution in [1.82, 2.24) is 5.32 Å². The van der Waals surface area contributed by atoms with E-state index in [0.717, 1.165) is 5.92 Å². The van der Waals surface area contributed by atoms with Crippen molar-refractivity contribution in [2.24, 2.45) is 5.92 Å². The van der Waals surface area contributed by atoms with Crippen LogP contribution in [0, 0.1) is 12.8 Å². The Morgan fingerprint density at radius 1 is 1.29 bits per heavy atom. The molecule has 0 bridgehead atoms. The van der Waals surface area contributed by atoms with Crippen molar-refractivity contribution in [1.29, 1.82) is 0 Å². The Hall–Kier alpha value is -0.0400. The smallest absolute Gasteiger partial charge is 0.00708 e. The van der Waals surface area contributed by atoms with Gasteiger partial charge in [-0.3, -0.25) is 0 Å². The molecule has 1 saturated heterocycles. The van der Waals surface area contributed by atoms with E-state index in [9.17, 15) is 0 Å². The highest BCUT2D eigenvalue weighted by molar-refractivity contribution is 4.68. The van der Waals surface area contributed by atoms with E-state index in [1.165, 1.54) is 25.9 Å². The van der Waals surface area contributed by atoms with Gasteiger partial charge in [0.1, 0.15) is 0 Å². The maximum Gasteiger partial charge on any atom is -0.00708 e. The van der Waals surface area contributed by atoms with Crippen LogP contribution in [0.2, 0.25) is 0 Å². The average molecular weight is 98.2 g/mol. The minimum atomic E-state index is 0.723. The van der Waals surface area contributed by atoms with E-state index < -0.39 is 0 Å². The Labute approximate surface area is 45.1 Å². The Morgan fingerprint density at radius 2 is 1.86 bits per heavy atom. The maximum atomic E-state index is 3.96. The summed E-state index contributed by atoms with van der Waals surface area (Å²) < 4.78 is 0. The number of piperidine rings is 1. The highest BCUT2D eigenvalue weighted by atomic mass is 14.9. The summed E-state index contributed by atoms with van der Waals surface area (Å²) in [6.07, 6.45) is 2.53. The maximum absolute atomic E-state index is 3.96. The van der Waals surface area contributed by atoms with Gasteiger partial charge in [0.05, 0.1) is 0 Å². The molecule has 0 atom stereocenters. The molecule has 0 spiro atoms. The van der Waals surface area contributed by atoms with Crippen LogP contribution in [0.1, 0.15) is 12.8 Å². The Bertz CT molecular complexity index is 46.1. The average Bonchev–Trinajstić information content (AvgIpc) is 1.69. The van der Waals surface area contributed by atoms with Gasteiger partial charge in [0.2, 0.25) is 0 Å². The molecule has 1 heterocycles. The number of hydrogen-bond acceptors (Lipinski definition) is 1. The molecule has 0 radical (unpaired) electrons. The van der Waals surface area contributed by atoms with Crippen molar-refractivity contribution >= 4 is 0 Å². The third-order valence-corrected chi connectivity index (χ3v) is 1.46. The first-order valence-electron chi connectivity index (χ1n) is 2.93. The molecule has 7 heavy (non-hydrogen) atoms. The van der Waals surface area contributed by atoms with E-state index >= 15 is 0 Å². The molecule has 0 unspecified atom stereocenters. The van der Waals surface area contributed by atoms with Crippen LogP contribution in [-0.4, -0.2) is 13.1 Å². The van der Waals surface area contributed by atoms with Gasteiger partial charge in [-0.15, -0.1) is 0 Å². The molecule has 1 aliphatic heterocycles. The van der Waals surface area contributed by atoms with Crippen molar-refractivity contribution in [2.75, 3.05) is 13.1 Å². The van der Waals surface area contributed by atoms with E-state index in [1.807, 2.05) is 0 Å². The zero-order valence-electron chi connectivity index (χ0n) is 4.61. The first kappa shape index (κ1) is 5.10. The lowest BCUT2D eigenvalue weighted by atomic mass is 10.0. The molecule has 1 N–H and O–H groups in total. The van der Waals surface area contributed by atoms with Gasteiger partial charge in [0.25, 0.3) is 0 Å². The van der Waals surface area contributed by atoms with Crippen molar-refractivity contribution in [3.8, 4) is 0 Å². The summed E-state index contributed by atoms with van der Waals surface area (Å²) in [7, 11) is 0. The molecule has 0 aliphatic carbocycles. The highest BCUT2D eigenvalue weighted by Gasteiger charge is 1.99. The fraction of sp³-hybridized carbons (Fsp3) is 0.833. The van der Waals surface area contributed by atoms with Crippen LogP contribution in [0.4, 0.5) is 0 Å². The summed E-state index contributed by atoms with van der Waals surface area (Å²) in [5, 5.41) is 3.28. The monoisotopic (exact) mass is 98.1 g/mol. The molecular formula is C6H12N-. The second-order valence-electron chi connectivity index (χ2n) is 2.19. The van der Waals surface area contributed by atoms with Crippen LogP contribution in [0.15, 0.2) is 0 Å². The van der Waals surface area contributed by atoms with E-state index in [4.69, 9.17) is 0 Å². The van der Waals surface area contributed by atoms with Crippen LogP contribution in [0.25, 0.3) is 0 Å². The van der Waals surface area contributed by atoms with Gasteiger partial charge in [-0.2, -0.15) is 5.92 Å². The molecule has 0 amide bonds. The molecule has 1 heteroatoms. The molecule has 0 saturated carbocycles. The van der Waals surface area contributed by atoms with Crippen LogP contribution in [0.5, 0.6) is 0 Å². The van der Waals surface area contributed by atoms with Gasteiger partial charge in [-0.1, -0.05) is 12.8 Å². The zero-order chi connectivity index (χ0) is 5.11. The lowest BCUT2D eigenvalue weighted by Gasteiger charge is -2.23. The Balaban J connectivity index is 2.12. The molecule has 1 aliphatic rings. The Morgan fingerprint density at radius 3 is 2.14 bits per heavy atom. The van der Waals surface area contributed by atoms with Crippen molar-refractivity contribution in [3.63, 3.8) is 0 Å². The van der Waals surface area contributed by atoms with Gasteiger partial charge < -0.3 is 12.2 Å². The summed E-state index contributed by atoms with van der Waals surface area (Å²) >= 11 is 0. The van der Waals surface area contributed by atoms with E-state index in [0.29, 0.717) is 0 Å². The summed E-state index contributed by atoms with van der Waals surface area (Å²) in [4.78, 5) is 0. The van der Waals surface area contributed by atoms with Crippen LogP contribution in [0.3, 0.4) is 0 Å². The predicted molar refractivity (Wildman–Crippen MR) is 31.0 cm³/mol. The van der Waals surface area contributed by atoms with Gasteiger partial charge in [-0.05, 0) is 13.1 Å². The molecular weight excluding hydrogens is 86.1 g/mol. The molecule has 1 rings (SSSR count). The van der Waals surface area contributed by atoms with Crippen molar-refractivity contribution < 1.29 is 0 Å². The minimum Gasteiger partial charge on any atom is -0.340 e. The standard InChI is InChI=1S/C6H12N/c1-6-2-4-7-5-3-6/h6-7H,1-5H2/q-1. The lowest BCUT2D eigenvalue weighted by molar-refractivity contribution is 0.434. The molecule has 1 fully saturated rings. The Kier molecular flexibility index (Phi) is 1.69. The minimum absolute atomic E-state index is 0.723. The lowest BCUT2D eigenvalue weighted by Crippen LogP contribution is -2.26. The van der Waals surface area contributed by atoms with Crippen LogP contribution >= 0.6 is 0 Å². The van der Waals surface area contributed by atoms with Crippen molar-refractivity contribution in [2.45, 2.75) is 12.8 Å². The predicted octanol–water partition coefficient (Wildman–Crippen LogP) is 0.820. The van der Waals surface area contributed by atoms with E-state index in [-0.39, 0.29) is 0 Å². The fourth-order valence-corrected chi connectivity index (χ4v) is 0.882. The summed E-state index contributed by atoms with van der Waals surface area (Å²) in [6, 6.07) is 0. The number of rotatable bonds is 0. The molecule has 42 valence electrons. The third kappa shape index (κ3) is 1.48. The highest BCUT2D eigenvalue weighted by Crippen LogP contribution is 2.07. The second-order valence-corrected chi connectivity index (χ2v) is 2.19. The van der Waals surface area contributed by atoms with Crippen LogP contribution < -0.4 is 5.32 Å². The summed E-state index contributed by atoms with van der Waals surface area (Å²) in [6.45, 7) is 6.31. The first-order chi connectivity index (χ1) is 3.39. The molecule has 0 aromatic rings. The largest absolute Gasteiger partial charge is 0.340 e. The fourth-order valence-electron chi connectivity index (χ4n) is 0.882. The van der Waals surface area contributed by atoms with E-state index in [2.05, 4.69) is 12.2 Å². The van der Waals surface area contributed by atoms with Gasteiger partial charge in [0.15, 0.2) is 0 Å². The molecule has 0 aromatic carbocycles. The normalized spacial score (nSPS) is 25.3. The van der Waals surface area contributed by atoms with Gasteiger partial charge >= 0.3 is 0 Å². The van der Waals surface area contributed by atoms with Crippen LogP contribution in [-0.2, 0) is 0 Å². The summed E-state index contributed by atoms with van der Waals surface area (Å²) in [5.74, 6) is 0.723. The SMILES string of the molecule is [CH2-]C1CCNCC1. The quantitative estimate of drug-likeness (QED) is 0.442. The van der Waals surface area contributed by atoms with E-state index in [1.54, 1.807) is 0 Å². The van der Waals surface area contributed by atoms with Gasteiger partial charge in [-0.25, -0.2) is 0 Å². The molecule has 0 aromatic heterocycles. The molecule has 1 nitrogen and oxygen atoms in total. The first-order valence-corrected chi connectivity index (χ1v) is 2.93. The number of hydrogen-bond donors (Lipinski definition) is 1. The second kappa shape index (κ2) is 2.31. The van der Waals surface area contributed by atoms with Crippen molar-refractivity contribution in [3.05, 3.63) is 6.92 Å². The zero-order valence-corrected chi connectivity index (χ0v) is 4.61. The third-order valence-electron chi connectivity index (χ3n) is 1.46. The number of nitrogens with one attached hydrogen (secondary N) is 1. The summed E-state index contributed by atoms with van der Waals surface area (Å²) in [5.41, 5.74) is 0. The van der Waals surface area contributed by atoms with Gasteiger partial charge in [0, 0.05) is 0 Å². The topological polar surface area (TPSA) is 12.0 Å².